The molecular formula is C15H20N2O2S. The lowest BCUT2D eigenvalue weighted by Crippen LogP contribution is -2.40. The van der Waals surface area contributed by atoms with Gasteiger partial charge in [-0.1, -0.05) is 24.7 Å². The number of benzene rings is 1. The van der Waals surface area contributed by atoms with E-state index in [1.54, 1.807) is 0 Å². The molecule has 0 spiro atoms. The van der Waals surface area contributed by atoms with Crippen LogP contribution in [0.3, 0.4) is 0 Å². The molecule has 0 aliphatic carbocycles. The van der Waals surface area contributed by atoms with E-state index in [-0.39, 0.29) is 6.04 Å². The zero-order valence-electron chi connectivity index (χ0n) is 11.5. The number of hydrogen-bond acceptors (Lipinski definition) is 4. The van der Waals surface area contributed by atoms with Gasteiger partial charge in [-0.15, -0.1) is 0 Å². The van der Waals surface area contributed by atoms with Crippen LogP contribution in [0.25, 0.3) is 0 Å². The van der Waals surface area contributed by atoms with Crippen LogP contribution in [-0.2, 0) is 0 Å². The van der Waals surface area contributed by atoms with Crippen LogP contribution in [0.1, 0.15) is 30.9 Å². The second-order valence-electron chi connectivity index (χ2n) is 5.30. The van der Waals surface area contributed by atoms with Gasteiger partial charge < -0.3 is 15.2 Å². The van der Waals surface area contributed by atoms with Gasteiger partial charge in [0.05, 0.1) is 11.0 Å². The fourth-order valence-electron chi connectivity index (χ4n) is 2.96. The highest BCUT2D eigenvalue weighted by atomic mass is 32.1. The molecule has 0 amide bonds. The predicted molar refractivity (Wildman–Crippen MR) is 82.4 cm³/mol. The number of nitrogens with two attached hydrogens (primary N) is 1. The number of fused-ring (bicyclic) bond motifs is 1. The number of ether oxygens (including phenoxy) is 2. The Balaban J connectivity index is 1.88. The summed E-state index contributed by atoms with van der Waals surface area (Å²) in [5, 5.41) is 0. The first kappa shape index (κ1) is 13.6. The van der Waals surface area contributed by atoms with Gasteiger partial charge in [0.2, 0.25) is 0 Å². The summed E-state index contributed by atoms with van der Waals surface area (Å²) in [5.74, 6) is 1.60. The fraction of sp³-hybridized carbons (Fsp3) is 0.533. The number of rotatable bonds is 3. The molecular weight excluding hydrogens is 272 g/mol. The molecule has 1 unspecified atom stereocenters. The first-order chi connectivity index (χ1) is 9.75. The van der Waals surface area contributed by atoms with Crippen molar-refractivity contribution in [1.29, 1.82) is 0 Å². The molecule has 108 valence electrons. The van der Waals surface area contributed by atoms with E-state index in [0.717, 1.165) is 30.2 Å². The van der Waals surface area contributed by atoms with Gasteiger partial charge in [-0.2, -0.15) is 0 Å². The molecule has 20 heavy (non-hydrogen) atoms. The molecule has 0 radical (unpaired) electrons. The second-order valence-corrected chi connectivity index (χ2v) is 5.78. The molecule has 2 aliphatic heterocycles. The third-order valence-corrected chi connectivity index (χ3v) is 4.13. The molecule has 0 saturated carbocycles. The molecule has 1 saturated heterocycles. The number of thiocarbonyl (C=S) groups is 1. The lowest BCUT2D eigenvalue weighted by molar-refractivity contribution is 0.170. The van der Waals surface area contributed by atoms with Gasteiger partial charge in [0.15, 0.2) is 11.5 Å². The van der Waals surface area contributed by atoms with Crippen molar-refractivity contribution in [2.45, 2.75) is 25.3 Å². The third-order valence-electron chi connectivity index (χ3n) is 3.91. The van der Waals surface area contributed by atoms with Crippen LogP contribution in [0.2, 0.25) is 0 Å². The van der Waals surface area contributed by atoms with E-state index in [0.29, 0.717) is 18.2 Å². The van der Waals surface area contributed by atoms with Gasteiger partial charge in [-0.25, -0.2) is 0 Å². The number of hydrogen-bond donors (Lipinski definition) is 1. The van der Waals surface area contributed by atoms with E-state index in [9.17, 15) is 0 Å². The predicted octanol–water partition coefficient (Wildman–Crippen LogP) is 2.27. The normalized spacial score (nSPS) is 20.4. The number of nitrogens with zero attached hydrogens (tertiary/aromatic N) is 1. The molecule has 4 nitrogen and oxygen atoms in total. The lowest BCUT2D eigenvalue weighted by Gasteiger charge is -2.34. The quantitative estimate of drug-likeness (QED) is 0.866. The van der Waals surface area contributed by atoms with Gasteiger partial charge in [0.1, 0.15) is 13.2 Å². The molecule has 1 aromatic rings. The van der Waals surface area contributed by atoms with Crippen molar-refractivity contribution in [3.63, 3.8) is 0 Å². The third kappa shape index (κ3) is 2.74. The molecule has 5 heteroatoms. The van der Waals surface area contributed by atoms with E-state index in [1.807, 2.05) is 18.2 Å². The standard InChI is InChI=1S/C15H20N2O2S/c16-15(20)14(17-6-2-1-3-7-17)11-4-5-12-13(10-11)19-9-8-18-12/h4-5,10,14H,1-3,6-9H2,(H2,16,20). The molecule has 2 heterocycles. The van der Waals surface area contributed by atoms with Gasteiger partial charge in [-0.05, 0) is 43.6 Å². The molecule has 0 aromatic heterocycles. The Morgan fingerprint density at radius 2 is 1.80 bits per heavy atom. The van der Waals surface area contributed by atoms with Crippen molar-refractivity contribution in [3.8, 4) is 11.5 Å². The average Bonchev–Trinajstić information content (AvgIpc) is 2.48. The van der Waals surface area contributed by atoms with Gasteiger partial charge >= 0.3 is 0 Å². The van der Waals surface area contributed by atoms with E-state index >= 15 is 0 Å². The largest absolute Gasteiger partial charge is 0.486 e. The van der Waals surface area contributed by atoms with Gasteiger partial charge in [0, 0.05) is 0 Å². The Morgan fingerprint density at radius 3 is 2.50 bits per heavy atom. The molecule has 2 aliphatic rings. The van der Waals surface area contributed by atoms with E-state index in [2.05, 4.69) is 4.90 Å². The summed E-state index contributed by atoms with van der Waals surface area (Å²) in [5.41, 5.74) is 7.09. The average molecular weight is 292 g/mol. The van der Waals surface area contributed by atoms with E-state index < -0.39 is 0 Å². The molecule has 0 bridgehead atoms. The van der Waals surface area contributed by atoms with E-state index in [4.69, 9.17) is 27.4 Å². The van der Waals surface area contributed by atoms with Crippen molar-refractivity contribution in [1.82, 2.24) is 4.90 Å². The number of likely N-dealkylation sites (tertiary alicyclic amines) is 1. The van der Waals surface area contributed by atoms with Crippen molar-refractivity contribution in [2.24, 2.45) is 5.73 Å². The topological polar surface area (TPSA) is 47.7 Å². The Bertz CT molecular complexity index is 501. The highest BCUT2D eigenvalue weighted by Crippen LogP contribution is 2.35. The minimum Gasteiger partial charge on any atom is -0.486 e. The minimum absolute atomic E-state index is 0.00104. The summed E-state index contributed by atoms with van der Waals surface area (Å²) in [4.78, 5) is 2.90. The zero-order chi connectivity index (χ0) is 13.9. The summed E-state index contributed by atoms with van der Waals surface area (Å²) >= 11 is 5.30. The summed E-state index contributed by atoms with van der Waals surface area (Å²) in [6.07, 6.45) is 3.72. The summed E-state index contributed by atoms with van der Waals surface area (Å²) in [6.45, 7) is 3.31. The van der Waals surface area contributed by atoms with Crippen molar-refractivity contribution in [2.75, 3.05) is 26.3 Å². The van der Waals surface area contributed by atoms with Gasteiger partial charge in [0.25, 0.3) is 0 Å². The smallest absolute Gasteiger partial charge is 0.161 e. The summed E-state index contributed by atoms with van der Waals surface area (Å²) < 4.78 is 11.2. The maximum atomic E-state index is 5.99. The molecule has 1 aromatic carbocycles. The van der Waals surface area contributed by atoms with Crippen molar-refractivity contribution < 1.29 is 9.47 Å². The van der Waals surface area contributed by atoms with Crippen LogP contribution in [0, 0.1) is 0 Å². The van der Waals surface area contributed by atoms with E-state index in [1.165, 1.54) is 19.3 Å². The SMILES string of the molecule is NC(=S)C(c1ccc2c(c1)OCCO2)N1CCCCC1. The Labute approximate surface area is 124 Å². The Kier molecular flexibility index (Phi) is 4.08. The number of piperidine rings is 1. The first-order valence-electron chi connectivity index (χ1n) is 7.18. The van der Waals surface area contributed by atoms with Crippen LogP contribution < -0.4 is 15.2 Å². The first-order valence-corrected chi connectivity index (χ1v) is 7.59. The molecule has 2 N–H and O–H groups in total. The maximum Gasteiger partial charge on any atom is 0.161 e. The van der Waals surface area contributed by atoms with Crippen LogP contribution in [0.15, 0.2) is 18.2 Å². The molecule has 1 fully saturated rings. The van der Waals surface area contributed by atoms with Gasteiger partial charge in [-0.3, -0.25) is 4.90 Å². The van der Waals surface area contributed by atoms with Crippen LogP contribution in [0.5, 0.6) is 11.5 Å². The second kappa shape index (κ2) is 5.97. The molecule has 1 atom stereocenters. The minimum atomic E-state index is 0.00104. The van der Waals surface area contributed by atoms with Crippen molar-refractivity contribution >= 4 is 17.2 Å². The Morgan fingerprint density at radius 1 is 1.10 bits per heavy atom. The maximum absolute atomic E-state index is 5.99. The fourth-order valence-corrected chi connectivity index (χ4v) is 3.25. The van der Waals surface area contributed by atoms with Crippen LogP contribution >= 0.6 is 12.2 Å². The van der Waals surface area contributed by atoms with Crippen LogP contribution in [0.4, 0.5) is 0 Å². The molecule has 3 rings (SSSR count). The van der Waals surface area contributed by atoms with Crippen LogP contribution in [-0.4, -0.2) is 36.2 Å². The summed E-state index contributed by atoms with van der Waals surface area (Å²) in [7, 11) is 0. The highest BCUT2D eigenvalue weighted by molar-refractivity contribution is 7.80. The van der Waals surface area contributed by atoms with Crippen molar-refractivity contribution in [3.05, 3.63) is 23.8 Å². The lowest BCUT2D eigenvalue weighted by atomic mass is 10.0. The Hall–Kier alpha value is -1.33. The zero-order valence-corrected chi connectivity index (χ0v) is 12.3. The monoisotopic (exact) mass is 292 g/mol. The summed E-state index contributed by atoms with van der Waals surface area (Å²) in [6, 6.07) is 6.03. The highest BCUT2D eigenvalue weighted by Gasteiger charge is 2.26.